The van der Waals surface area contributed by atoms with Gasteiger partial charge < -0.3 is 14.2 Å². The highest BCUT2D eigenvalue weighted by Gasteiger charge is 2.19. The lowest BCUT2D eigenvalue weighted by Gasteiger charge is -2.18. The molecule has 0 spiro atoms. The Balaban J connectivity index is 4.39. The molecule has 0 aliphatic carbocycles. The van der Waals surface area contributed by atoms with Crippen LogP contribution in [0.25, 0.3) is 0 Å². The maximum atomic E-state index is 12.9. The van der Waals surface area contributed by atoms with Crippen molar-refractivity contribution in [1.82, 2.24) is 0 Å². The largest absolute Gasteiger partial charge is 0.462 e. The molecule has 0 aromatic rings. The fraction of sp³-hybridized carbons (Fsp3) is 0.794. The summed E-state index contributed by atoms with van der Waals surface area (Å²) in [5.74, 6) is -0.900. The Morgan fingerprint density at radius 2 is 0.580 bits per heavy atom. The Morgan fingerprint density at radius 3 is 0.913 bits per heavy atom. The molecule has 0 heterocycles. The molecule has 1 unspecified atom stereocenters. The molecule has 0 N–H and O–H groups in total. The van der Waals surface area contributed by atoms with Gasteiger partial charge in [0.25, 0.3) is 0 Å². The highest BCUT2D eigenvalue weighted by Crippen LogP contribution is 2.16. The second kappa shape index (κ2) is 57.7. The summed E-state index contributed by atoms with van der Waals surface area (Å²) in [4.78, 5) is 38.2. The molecule has 0 aliphatic rings. The second-order valence-corrected chi connectivity index (χ2v) is 19.9. The van der Waals surface area contributed by atoms with Gasteiger partial charge in [-0.25, -0.2) is 0 Å². The molecule has 0 rings (SSSR count). The van der Waals surface area contributed by atoms with Crippen molar-refractivity contribution in [2.75, 3.05) is 13.2 Å². The number of ether oxygens (including phenoxy) is 3. The monoisotopic (exact) mass is 965 g/mol. The minimum absolute atomic E-state index is 0.0847. The van der Waals surface area contributed by atoms with Gasteiger partial charge in [-0.2, -0.15) is 0 Å². The van der Waals surface area contributed by atoms with Gasteiger partial charge in [0, 0.05) is 19.3 Å². The number of allylic oxidation sites excluding steroid dienone is 10. The van der Waals surface area contributed by atoms with Crippen LogP contribution in [0.5, 0.6) is 0 Å². The topological polar surface area (TPSA) is 78.9 Å². The van der Waals surface area contributed by atoms with E-state index in [0.717, 1.165) is 89.9 Å². The lowest BCUT2D eigenvalue weighted by Crippen LogP contribution is -2.30. The van der Waals surface area contributed by atoms with Crippen LogP contribution in [0.3, 0.4) is 0 Å². The second-order valence-electron chi connectivity index (χ2n) is 19.9. The zero-order valence-electron chi connectivity index (χ0n) is 45.8. The summed E-state index contributed by atoms with van der Waals surface area (Å²) in [5.41, 5.74) is 0. The van der Waals surface area contributed by atoms with Gasteiger partial charge in [-0.1, -0.05) is 255 Å². The van der Waals surface area contributed by atoms with Crippen molar-refractivity contribution >= 4 is 17.9 Å². The quantitative estimate of drug-likeness (QED) is 0.0199. The minimum Gasteiger partial charge on any atom is -0.462 e. The van der Waals surface area contributed by atoms with Crippen molar-refractivity contribution < 1.29 is 28.6 Å². The van der Waals surface area contributed by atoms with E-state index >= 15 is 0 Å². The normalized spacial score (nSPS) is 12.4. The van der Waals surface area contributed by atoms with Crippen molar-refractivity contribution in [1.29, 1.82) is 0 Å². The van der Waals surface area contributed by atoms with Gasteiger partial charge >= 0.3 is 17.9 Å². The lowest BCUT2D eigenvalue weighted by molar-refractivity contribution is -0.167. The van der Waals surface area contributed by atoms with Gasteiger partial charge in [0.2, 0.25) is 0 Å². The van der Waals surface area contributed by atoms with Crippen LogP contribution >= 0.6 is 0 Å². The van der Waals surface area contributed by atoms with Gasteiger partial charge in [0.05, 0.1) is 0 Å². The fourth-order valence-electron chi connectivity index (χ4n) is 8.55. The average Bonchev–Trinajstić information content (AvgIpc) is 3.35. The molecule has 0 amide bonds. The summed E-state index contributed by atoms with van der Waals surface area (Å²) in [6.45, 7) is 6.52. The predicted octanol–water partition coefficient (Wildman–Crippen LogP) is 20.0. The molecule has 6 heteroatoms. The first kappa shape index (κ1) is 66.1. The maximum absolute atomic E-state index is 12.9. The molecular formula is C63H112O6. The van der Waals surface area contributed by atoms with Crippen LogP contribution in [0.15, 0.2) is 60.8 Å². The average molecular weight is 966 g/mol. The molecule has 400 valence electrons. The van der Waals surface area contributed by atoms with Crippen LogP contribution in [0, 0.1) is 0 Å². The lowest BCUT2D eigenvalue weighted by atomic mass is 10.1. The molecule has 0 aromatic carbocycles. The molecule has 0 saturated heterocycles. The van der Waals surface area contributed by atoms with E-state index in [-0.39, 0.29) is 31.1 Å². The zero-order chi connectivity index (χ0) is 50.0. The number of carbonyl (C=O) groups excluding carboxylic acids is 3. The van der Waals surface area contributed by atoms with E-state index in [2.05, 4.69) is 81.5 Å². The summed E-state index contributed by atoms with van der Waals surface area (Å²) >= 11 is 0. The van der Waals surface area contributed by atoms with Crippen LogP contribution < -0.4 is 0 Å². The van der Waals surface area contributed by atoms with E-state index in [1.807, 2.05) is 0 Å². The Labute approximate surface area is 428 Å². The minimum atomic E-state index is -0.787. The van der Waals surface area contributed by atoms with Crippen LogP contribution in [0.2, 0.25) is 0 Å². The smallest absolute Gasteiger partial charge is 0.306 e. The Kier molecular flexibility index (Phi) is 55.3. The first-order valence-electron chi connectivity index (χ1n) is 29.8. The van der Waals surface area contributed by atoms with Crippen molar-refractivity contribution in [3.05, 3.63) is 60.8 Å². The number of hydrogen-bond acceptors (Lipinski definition) is 6. The van der Waals surface area contributed by atoms with Crippen LogP contribution in [0.1, 0.15) is 303 Å². The van der Waals surface area contributed by atoms with E-state index in [4.69, 9.17) is 14.2 Å². The van der Waals surface area contributed by atoms with Gasteiger partial charge in [0.15, 0.2) is 6.10 Å². The first-order chi connectivity index (χ1) is 34.0. The van der Waals surface area contributed by atoms with Gasteiger partial charge in [-0.05, 0) is 89.9 Å². The number of unbranched alkanes of at least 4 members (excludes halogenated alkanes) is 35. The molecule has 0 bridgehead atoms. The van der Waals surface area contributed by atoms with E-state index in [1.165, 1.54) is 173 Å². The van der Waals surface area contributed by atoms with Gasteiger partial charge in [-0.3, -0.25) is 14.4 Å². The number of hydrogen-bond donors (Lipinski definition) is 0. The Hall–Kier alpha value is -2.89. The molecule has 0 saturated carbocycles. The first-order valence-corrected chi connectivity index (χ1v) is 29.8. The molecule has 6 nitrogen and oxygen atoms in total. The highest BCUT2D eigenvalue weighted by atomic mass is 16.6. The molecule has 0 fully saturated rings. The van der Waals surface area contributed by atoms with Crippen LogP contribution in [0.4, 0.5) is 0 Å². The number of carbonyl (C=O) groups is 3. The van der Waals surface area contributed by atoms with Crippen molar-refractivity contribution in [3.8, 4) is 0 Å². The van der Waals surface area contributed by atoms with Crippen molar-refractivity contribution in [2.45, 2.75) is 309 Å². The third-order valence-corrected chi connectivity index (χ3v) is 13.0. The number of rotatable bonds is 54. The summed E-state index contributed by atoms with van der Waals surface area (Å²) in [6, 6.07) is 0. The standard InChI is InChI=1S/C63H112O6/c1-4-7-10-13-16-19-22-25-28-30-32-35-38-41-44-47-50-53-56-62(65)68-59-60(58-67-61(64)55-52-49-46-43-40-37-34-27-24-21-18-15-12-9-6-3)69-63(66)57-54-51-48-45-42-39-36-33-31-29-26-23-20-17-14-11-8-5-2/h9,12,15,18,21,24,32-33,35-36,60H,4-8,10-11,13-14,16-17,19-20,22-23,25-31,34,37-59H2,1-3H3/b12-9-,18-15-,24-21-,35-32-,36-33-. The van der Waals surface area contributed by atoms with Crippen LogP contribution in [-0.4, -0.2) is 37.2 Å². The summed E-state index contributed by atoms with van der Waals surface area (Å²) in [7, 11) is 0. The summed E-state index contributed by atoms with van der Waals surface area (Å²) in [5, 5.41) is 0. The van der Waals surface area contributed by atoms with Crippen molar-refractivity contribution in [2.24, 2.45) is 0 Å². The van der Waals surface area contributed by atoms with Gasteiger partial charge in [-0.15, -0.1) is 0 Å². The third-order valence-electron chi connectivity index (χ3n) is 13.0. The fourth-order valence-corrected chi connectivity index (χ4v) is 8.55. The van der Waals surface area contributed by atoms with Crippen molar-refractivity contribution in [3.63, 3.8) is 0 Å². The summed E-state index contributed by atoms with van der Waals surface area (Å²) < 4.78 is 16.9. The number of esters is 3. The maximum Gasteiger partial charge on any atom is 0.306 e. The van der Waals surface area contributed by atoms with E-state index in [0.29, 0.717) is 19.3 Å². The Bertz CT molecular complexity index is 1250. The molecule has 0 aliphatic heterocycles. The summed E-state index contributed by atoms with van der Waals surface area (Å²) in [6.07, 6.45) is 72.1. The molecule has 0 aromatic heterocycles. The van der Waals surface area contributed by atoms with Gasteiger partial charge in [0.1, 0.15) is 13.2 Å². The van der Waals surface area contributed by atoms with E-state index in [9.17, 15) is 14.4 Å². The SMILES string of the molecule is CC\C=C/C=C\C=C/CCCCCCCCCC(=O)OCC(COC(=O)CCCCCCC/C=C\CCCCCCCCCCC)OC(=O)CCCCCCC/C=C\CCCCCCCCCCC. The molecule has 0 radical (unpaired) electrons. The third kappa shape index (κ3) is 55.9. The van der Waals surface area contributed by atoms with E-state index in [1.54, 1.807) is 0 Å². The molecule has 1 atom stereocenters. The van der Waals surface area contributed by atoms with Crippen LogP contribution in [-0.2, 0) is 28.6 Å². The van der Waals surface area contributed by atoms with E-state index < -0.39 is 6.10 Å². The molecular weight excluding hydrogens is 853 g/mol. The molecule has 69 heavy (non-hydrogen) atoms. The predicted molar refractivity (Wildman–Crippen MR) is 298 cm³/mol. The highest BCUT2D eigenvalue weighted by molar-refractivity contribution is 5.71. The zero-order valence-corrected chi connectivity index (χ0v) is 45.8. The Morgan fingerprint density at radius 1 is 0.304 bits per heavy atom.